The summed E-state index contributed by atoms with van der Waals surface area (Å²) >= 11 is 1.81. The number of hydrogen-bond donors (Lipinski definition) is 1. The fourth-order valence-corrected chi connectivity index (χ4v) is 2.23. The van der Waals surface area contributed by atoms with Gasteiger partial charge in [0.1, 0.15) is 5.75 Å². The average Bonchev–Trinajstić information content (AvgIpc) is 2.27. The molecule has 84 valence electrons. The van der Waals surface area contributed by atoms with E-state index in [9.17, 15) is 0 Å². The maximum atomic E-state index is 5.76. The second-order valence-corrected chi connectivity index (χ2v) is 4.52. The molecule has 0 saturated heterocycles. The zero-order chi connectivity index (χ0) is 11.1. The molecule has 0 saturated carbocycles. The van der Waals surface area contributed by atoms with Crippen molar-refractivity contribution in [2.24, 2.45) is 5.73 Å². The molecule has 1 rings (SSSR count). The molecule has 0 heterocycles. The Balaban J connectivity index is 2.88. The van der Waals surface area contributed by atoms with Crippen molar-refractivity contribution in [2.45, 2.75) is 31.7 Å². The van der Waals surface area contributed by atoms with Crippen molar-refractivity contribution in [2.75, 3.05) is 12.4 Å². The molecule has 3 heteroatoms. The van der Waals surface area contributed by atoms with Crippen LogP contribution in [0.4, 0.5) is 0 Å². The molecular weight excluding hydrogens is 206 g/mol. The van der Waals surface area contributed by atoms with Crippen molar-refractivity contribution < 1.29 is 4.74 Å². The largest absolute Gasteiger partial charge is 0.493 e. The normalized spacial score (nSPS) is 10.3. The second-order valence-electron chi connectivity index (χ2n) is 3.22. The van der Waals surface area contributed by atoms with Crippen LogP contribution in [-0.2, 0) is 6.54 Å². The Morgan fingerprint density at radius 2 is 2.13 bits per heavy atom. The van der Waals surface area contributed by atoms with E-state index >= 15 is 0 Å². The molecule has 2 nitrogen and oxygen atoms in total. The molecule has 0 spiro atoms. The van der Waals surface area contributed by atoms with E-state index in [0.29, 0.717) is 6.54 Å². The van der Waals surface area contributed by atoms with Gasteiger partial charge in [-0.25, -0.2) is 0 Å². The Morgan fingerprint density at radius 1 is 1.33 bits per heavy atom. The lowest BCUT2D eigenvalue weighted by Gasteiger charge is -2.13. The Bertz CT molecular complexity index is 302. The van der Waals surface area contributed by atoms with Gasteiger partial charge >= 0.3 is 0 Å². The molecule has 0 aliphatic carbocycles. The van der Waals surface area contributed by atoms with Crippen LogP contribution in [0.25, 0.3) is 0 Å². The smallest absolute Gasteiger partial charge is 0.124 e. The highest BCUT2D eigenvalue weighted by Gasteiger charge is 2.07. The van der Waals surface area contributed by atoms with Gasteiger partial charge < -0.3 is 10.5 Å². The fourth-order valence-electron chi connectivity index (χ4n) is 1.38. The van der Waals surface area contributed by atoms with Crippen molar-refractivity contribution in [3.05, 3.63) is 23.8 Å². The minimum Gasteiger partial charge on any atom is -0.493 e. The van der Waals surface area contributed by atoms with E-state index < -0.39 is 0 Å². The third-order valence-electron chi connectivity index (χ3n) is 2.06. The molecule has 0 aliphatic heterocycles. The predicted molar refractivity (Wildman–Crippen MR) is 66.5 cm³/mol. The van der Waals surface area contributed by atoms with E-state index in [1.54, 1.807) is 0 Å². The molecule has 0 unspecified atom stereocenters. The van der Waals surface area contributed by atoms with Gasteiger partial charge in [-0.2, -0.15) is 0 Å². The summed E-state index contributed by atoms with van der Waals surface area (Å²) in [5.41, 5.74) is 6.90. The van der Waals surface area contributed by atoms with Gasteiger partial charge in [0.15, 0.2) is 0 Å². The maximum absolute atomic E-state index is 5.76. The average molecular weight is 225 g/mol. The van der Waals surface area contributed by atoms with E-state index in [0.717, 1.165) is 30.1 Å². The Hall–Kier alpha value is -0.670. The van der Waals surface area contributed by atoms with Crippen LogP contribution >= 0.6 is 11.8 Å². The molecule has 0 radical (unpaired) electrons. The van der Waals surface area contributed by atoms with Crippen LogP contribution in [-0.4, -0.2) is 12.4 Å². The predicted octanol–water partition coefficient (Wildman–Crippen LogP) is 3.05. The van der Waals surface area contributed by atoms with Gasteiger partial charge in [-0.3, -0.25) is 0 Å². The van der Waals surface area contributed by atoms with Crippen LogP contribution in [0.2, 0.25) is 0 Å². The third kappa shape index (κ3) is 3.43. The summed E-state index contributed by atoms with van der Waals surface area (Å²) < 4.78 is 5.67. The molecular formula is C12H19NOS. The van der Waals surface area contributed by atoms with Crippen LogP contribution in [0.3, 0.4) is 0 Å². The number of benzene rings is 1. The Morgan fingerprint density at radius 3 is 2.73 bits per heavy atom. The fraction of sp³-hybridized carbons (Fsp3) is 0.500. The van der Waals surface area contributed by atoms with Crippen LogP contribution in [0.5, 0.6) is 5.75 Å². The topological polar surface area (TPSA) is 35.2 Å². The molecule has 0 aliphatic rings. The van der Waals surface area contributed by atoms with Crippen molar-refractivity contribution >= 4 is 11.8 Å². The SMILES string of the molecule is CCCOc1cccc(SCC)c1CN. The van der Waals surface area contributed by atoms with E-state index in [4.69, 9.17) is 10.5 Å². The number of thioether (sulfide) groups is 1. The first-order valence-electron chi connectivity index (χ1n) is 5.41. The van der Waals surface area contributed by atoms with Crippen LogP contribution in [0.1, 0.15) is 25.8 Å². The maximum Gasteiger partial charge on any atom is 0.124 e. The standard InChI is InChI=1S/C12H19NOS/c1-3-8-14-11-6-5-7-12(15-4-2)10(11)9-13/h5-7H,3-4,8-9,13H2,1-2H3. The highest BCUT2D eigenvalue weighted by atomic mass is 32.2. The highest BCUT2D eigenvalue weighted by Crippen LogP contribution is 2.29. The first kappa shape index (κ1) is 12.4. The van der Waals surface area contributed by atoms with E-state index in [2.05, 4.69) is 19.9 Å². The third-order valence-corrected chi connectivity index (χ3v) is 3.04. The summed E-state index contributed by atoms with van der Waals surface area (Å²) in [4.78, 5) is 1.24. The van der Waals surface area contributed by atoms with E-state index in [1.165, 1.54) is 4.90 Å². The van der Waals surface area contributed by atoms with Gasteiger partial charge in [0.2, 0.25) is 0 Å². The number of rotatable bonds is 6. The van der Waals surface area contributed by atoms with Gasteiger partial charge in [0, 0.05) is 17.0 Å². The van der Waals surface area contributed by atoms with Gasteiger partial charge in [-0.15, -0.1) is 11.8 Å². The molecule has 0 aromatic heterocycles. The van der Waals surface area contributed by atoms with Gasteiger partial charge in [0.25, 0.3) is 0 Å². The first-order valence-corrected chi connectivity index (χ1v) is 6.39. The molecule has 0 bridgehead atoms. The van der Waals surface area contributed by atoms with Crippen molar-refractivity contribution in [3.8, 4) is 5.75 Å². The lowest BCUT2D eigenvalue weighted by atomic mass is 10.2. The summed E-state index contributed by atoms with van der Waals surface area (Å²) in [6, 6.07) is 6.13. The van der Waals surface area contributed by atoms with Crippen molar-refractivity contribution in [1.29, 1.82) is 0 Å². The molecule has 1 aromatic rings. The number of nitrogens with two attached hydrogens (primary N) is 1. The minimum atomic E-state index is 0.544. The summed E-state index contributed by atoms with van der Waals surface area (Å²) in [5.74, 6) is 2.00. The Labute approximate surface area is 96.2 Å². The molecule has 1 aromatic carbocycles. The van der Waals surface area contributed by atoms with Crippen LogP contribution in [0, 0.1) is 0 Å². The van der Waals surface area contributed by atoms with Crippen LogP contribution < -0.4 is 10.5 Å². The zero-order valence-electron chi connectivity index (χ0n) is 9.45. The Kier molecular flexibility index (Phi) is 5.58. The summed E-state index contributed by atoms with van der Waals surface area (Å²) in [7, 11) is 0. The number of hydrogen-bond acceptors (Lipinski definition) is 3. The number of ether oxygens (including phenoxy) is 1. The zero-order valence-corrected chi connectivity index (χ0v) is 10.3. The summed E-state index contributed by atoms with van der Waals surface area (Å²) in [5, 5.41) is 0. The minimum absolute atomic E-state index is 0.544. The second kappa shape index (κ2) is 6.75. The van der Waals surface area contributed by atoms with Crippen LogP contribution in [0.15, 0.2) is 23.1 Å². The summed E-state index contributed by atoms with van der Waals surface area (Å²) in [6.07, 6.45) is 1.02. The molecule has 15 heavy (non-hydrogen) atoms. The van der Waals surface area contributed by atoms with E-state index in [1.807, 2.05) is 23.9 Å². The van der Waals surface area contributed by atoms with Gasteiger partial charge in [0.05, 0.1) is 6.61 Å². The highest BCUT2D eigenvalue weighted by molar-refractivity contribution is 7.99. The quantitative estimate of drug-likeness (QED) is 0.756. The molecule has 0 fully saturated rings. The monoisotopic (exact) mass is 225 g/mol. The van der Waals surface area contributed by atoms with Gasteiger partial charge in [-0.05, 0) is 24.3 Å². The molecule has 0 amide bonds. The molecule has 2 N–H and O–H groups in total. The first-order chi connectivity index (χ1) is 7.33. The van der Waals surface area contributed by atoms with Crippen molar-refractivity contribution in [3.63, 3.8) is 0 Å². The van der Waals surface area contributed by atoms with Gasteiger partial charge in [-0.1, -0.05) is 19.9 Å². The lowest BCUT2D eigenvalue weighted by Crippen LogP contribution is -2.04. The molecule has 0 atom stereocenters. The van der Waals surface area contributed by atoms with E-state index in [-0.39, 0.29) is 0 Å². The summed E-state index contributed by atoms with van der Waals surface area (Å²) in [6.45, 7) is 5.55. The lowest BCUT2D eigenvalue weighted by molar-refractivity contribution is 0.313. The van der Waals surface area contributed by atoms with Crippen molar-refractivity contribution in [1.82, 2.24) is 0 Å².